The number of hydrogen-bond donors (Lipinski definition) is 2. The van der Waals surface area contributed by atoms with E-state index in [1.807, 2.05) is 31.2 Å². The van der Waals surface area contributed by atoms with Gasteiger partial charge in [0.2, 0.25) is 5.88 Å². The highest BCUT2D eigenvalue weighted by atomic mass is 19.4. The van der Waals surface area contributed by atoms with Crippen LogP contribution < -0.4 is 20.1 Å². The number of ether oxygens (including phenoxy) is 2. The molecule has 9 heteroatoms. The van der Waals surface area contributed by atoms with E-state index in [1.54, 1.807) is 7.11 Å². The third-order valence-corrected chi connectivity index (χ3v) is 3.65. The first-order valence-corrected chi connectivity index (χ1v) is 8.74. The lowest BCUT2D eigenvalue weighted by Crippen LogP contribution is -2.39. The molecule has 0 aliphatic heterocycles. The zero-order chi connectivity index (χ0) is 20.4. The van der Waals surface area contributed by atoms with Crippen molar-refractivity contribution in [2.24, 2.45) is 4.99 Å². The van der Waals surface area contributed by atoms with E-state index in [2.05, 4.69) is 20.6 Å². The predicted molar refractivity (Wildman–Crippen MR) is 101 cm³/mol. The highest BCUT2D eigenvalue weighted by Gasteiger charge is 2.30. The Balaban J connectivity index is 1.84. The summed E-state index contributed by atoms with van der Waals surface area (Å²) < 4.78 is 48.2. The number of para-hydroxylation sites is 1. The number of guanidine groups is 1. The third-order valence-electron chi connectivity index (χ3n) is 3.65. The predicted octanol–water partition coefficient (Wildman–Crippen LogP) is 3.24. The average molecular weight is 396 g/mol. The number of rotatable bonds is 8. The van der Waals surface area contributed by atoms with Crippen LogP contribution in [0.2, 0.25) is 0 Å². The topological polar surface area (TPSA) is 67.8 Å². The smallest absolute Gasteiger partial charge is 0.417 e. The average Bonchev–Trinajstić information content (AvgIpc) is 2.69. The summed E-state index contributed by atoms with van der Waals surface area (Å²) in [4.78, 5) is 8.16. The van der Waals surface area contributed by atoms with Gasteiger partial charge in [0.15, 0.2) is 5.96 Å². The van der Waals surface area contributed by atoms with Gasteiger partial charge in [-0.25, -0.2) is 9.98 Å². The van der Waals surface area contributed by atoms with Crippen LogP contribution >= 0.6 is 0 Å². The molecule has 28 heavy (non-hydrogen) atoms. The Morgan fingerprint density at radius 1 is 1.14 bits per heavy atom. The summed E-state index contributed by atoms with van der Waals surface area (Å²) in [6.07, 6.45) is -3.66. The van der Waals surface area contributed by atoms with Gasteiger partial charge in [-0.15, -0.1) is 0 Å². The summed E-state index contributed by atoms with van der Waals surface area (Å²) in [5.41, 5.74) is 0.142. The zero-order valence-electron chi connectivity index (χ0n) is 15.7. The Morgan fingerprint density at radius 2 is 1.93 bits per heavy atom. The van der Waals surface area contributed by atoms with Gasteiger partial charge in [-0.2, -0.15) is 13.2 Å². The van der Waals surface area contributed by atoms with Crippen molar-refractivity contribution in [1.29, 1.82) is 0 Å². The summed E-state index contributed by atoms with van der Waals surface area (Å²) in [5, 5.41) is 6.21. The molecule has 0 saturated carbocycles. The van der Waals surface area contributed by atoms with Crippen LogP contribution in [0, 0.1) is 0 Å². The number of hydrogen-bond acceptors (Lipinski definition) is 4. The fourth-order valence-corrected chi connectivity index (χ4v) is 2.30. The van der Waals surface area contributed by atoms with Crippen molar-refractivity contribution >= 4 is 5.96 Å². The van der Waals surface area contributed by atoms with Gasteiger partial charge in [-0.1, -0.05) is 18.2 Å². The second kappa shape index (κ2) is 10.4. The molecule has 0 spiro atoms. The van der Waals surface area contributed by atoms with E-state index in [0.717, 1.165) is 23.6 Å². The number of benzene rings is 1. The molecule has 0 bridgehead atoms. The lowest BCUT2D eigenvalue weighted by atomic mass is 10.2. The minimum atomic E-state index is -4.41. The van der Waals surface area contributed by atoms with E-state index >= 15 is 0 Å². The van der Waals surface area contributed by atoms with E-state index in [9.17, 15) is 13.2 Å². The van der Waals surface area contributed by atoms with Crippen LogP contribution in [0.15, 0.2) is 47.6 Å². The number of nitrogens with zero attached hydrogens (tertiary/aromatic N) is 2. The molecule has 0 radical (unpaired) electrons. The normalized spacial score (nSPS) is 11.8. The van der Waals surface area contributed by atoms with E-state index in [0.29, 0.717) is 25.6 Å². The summed E-state index contributed by atoms with van der Waals surface area (Å²) >= 11 is 0. The Morgan fingerprint density at radius 3 is 2.57 bits per heavy atom. The number of pyridine rings is 1. The van der Waals surface area contributed by atoms with Crippen molar-refractivity contribution in [3.8, 4) is 11.6 Å². The van der Waals surface area contributed by atoms with E-state index < -0.39 is 11.7 Å². The van der Waals surface area contributed by atoms with Crippen molar-refractivity contribution in [1.82, 2.24) is 15.6 Å². The Kier molecular flexibility index (Phi) is 7.91. The maximum Gasteiger partial charge on any atom is 0.417 e. The maximum absolute atomic E-state index is 12.5. The molecule has 2 rings (SSSR count). The van der Waals surface area contributed by atoms with Crippen LogP contribution in [-0.2, 0) is 12.7 Å². The molecule has 0 saturated heterocycles. The van der Waals surface area contributed by atoms with Crippen LogP contribution in [0.5, 0.6) is 11.6 Å². The number of halogens is 3. The lowest BCUT2D eigenvalue weighted by Gasteiger charge is -2.13. The standard InChI is InChI=1S/C19H23F3N4O2/c1-3-23-18(26-12-14-6-4-5-7-16(14)27-2)24-10-11-28-17-9-8-15(13-25-17)19(20,21)22/h4-9,13H,3,10-12H2,1-2H3,(H2,23,24,26). The molecule has 0 amide bonds. The zero-order valence-corrected chi connectivity index (χ0v) is 15.7. The summed E-state index contributed by atoms with van der Waals surface area (Å²) in [5.74, 6) is 1.49. The molecule has 1 aromatic carbocycles. The quantitative estimate of drug-likeness (QED) is 0.407. The van der Waals surface area contributed by atoms with Gasteiger partial charge in [0.25, 0.3) is 0 Å². The molecular weight excluding hydrogens is 373 g/mol. The highest BCUT2D eigenvalue weighted by molar-refractivity contribution is 5.79. The molecule has 1 heterocycles. The molecule has 0 aliphatic rings. The van der Waals surface area contributed by atoms with Crippen molar-refractivity contribution in [2.45, 2.75) is 19.6 Å². The fourth-order valence-electron chi connectivity index (χ4n) is 2.30. The van der Waals surface area contributed by atoms with E-state index in [4.69, 9.17) is 9.47 Å². The minimum Gasteiger partial charge on any atom is -0.496 e. The number of nitrogens with one attached hydrogen (secondary N) is 2. The van der Waals surface area contributed by atoms with Crippen molar-refractivity contribution in [2.75, 3.05) is 26.8 Å². The first-order valence-electron chi connectivity index (χ1n) is 8.74. The van der Waals surface area contributed by atoms with E-state index in [-0.39, 0.29) is 12.5 Å². The van der Waals surface area contributed by atoms with Gasteiger partial charge in [-0.3, -0.25) is 0 Å². The lowest BCUT2D eigenvalue weighted by molar-refractivity contribution is -0.137. The Labute approximate surface area is 161 Å². The molecule has 0 unspecified atom stereocenters. The van der Waals surface area contributed by atoms with Crippen LogP contribution in [-0.4, -0.2) is 37.7 Å². The highest BCUT2D eigenvalue weighted by Crippen LogP contribution is 2.29. The monoisotopic (exact) mass is 396 g/mol. The third kappa shape index (κ3) is 6.64. The molecule has 1 aromatic heterocycles. The van der Waals surface area contributed by atoms with Crippen LogP contribution in [0.3, 0.4) is 0 Å². The Bertz CT molecular complexity index is 765. The molecule has 152 valence electrons. The first-order chi connectivity index (χ1) is 13.4. The first kappa shape index (κ1) is 21.3. The molecule has 0 atom stereocenters. The molecular formula is C19H23F3N4O2. The molecule has 0 aliphatic carbocycles. The van der Waals surface area contributed by atoms with Crippen molar-refractivity contribution in [3.63, 3.8) is 0 Å². The molecule has 2 aromatic rings. The molecule has 2 N–H and O–H groups in total. The second-order valence-corrected chi connectivity index (χ2v) is 5.67. The number of alkyl halides is 3. The summed E-state index contributed by atoms with van der Waals surface area (Å²) in [6, 6.07) is 9.75. The van der Waals surface area contributed by atoms with Crippen molar-refractivity contribution in [3.05, 3.63) is 53.7 Å². The Hall–Kier alpha value is -2.97. The van der Waals surface area contributed by atoms with Gasteiger partial charge < -0.3 is 20.1 Å². The number of aromatic nitrogens is 1. The number of aliphatic imine (C=N–C) groups is 1. The fraction of sp³-hybridized carbons (Fsp3) is 0.368. The second-order valence-electron chi connectivity index (χ2n) is 5.67. The van der Waals surface area contributed by atoms with Gasteiger partial charge in [0.1, 0.15) is 12.4 Å². The van der Waals surface area contributed by atoms with Gasteiger partial charge in [0.05, 0.1) is 25.8 Å². The van der Waals surface area contributed by atoms with E-state index in [1.165, 1.54) is 6.07 Å². The molecule has 0 fully saturated rings. The summed E-state index contributed by atoms with van der Waals surface area (Å²) in [7, 11) is 1.61. The number of methoxy groups -OCH3 is 1. The van der Waals surface area contributed by atoms with Gasteiger partial charge >= 0.3 is 6.18 Å². The minimum absolute atomic E-state index is 0.130. The van der Waals surface area contributed by atoms with Crippen LogP contribution in [0.1, 0.15) is 18.1 Å². The molecule has 6 nitrogen and oxygen atoms in total. The maximum atomic E-state index is 12.5. The van der Waals surface area contributed by atoms with Gasteiger partial charge in [0, 0.05) is 24.4 Å². The van der Waals surface area contributed by atoms with Crippen LogP contribution in [0.25, 0.3) is 0 Å². The summed E-state index contributed by atoms with van der Waals surface area (Å²) in [6.45, 7) is 3.68. The largest absolute Gasteiger partial charge is 0.496 e. The van der Waals surface area contributed by atoms with Gasteiger partial charge in [-0.05, 0) is 19.1 Å². The van der Waals surface area contributed by atoms with Crippen molar-refractivity contribution < 1.29 is 22.6 Å². The van der Waals surface area contributed by atoms with Crippen LogP contribution in [0.4, 0.5) is 13.2 Å². The SMILES string of the molecule is CCNC(=NCc1ccccc1OC)NCCOc1ccc(C(F)(F)F)cn1.